The van der Waals surface area contributed by atoms with E-state index in [0.29, 0.717) is 5.78 Å². The van der Waals surface area contributed by atoms with Crippen LogP contribution in [-0.4, -0.2) is 5.78 Å². The van der Waals surface area contributed by atoms with E-state index in [9.17, 15) is 4.79 Å². The largest absolute Gasteiger partial charge is 0.299 e. The van der Waals surface area contributed by atoms with Gasteiger partial charge in [0, 0.05) is 12.3 Å². The highest BCUT2D eigenvalue weighted by atomic mass is 16.1. The van der Waals surface area contributed by atoms with Gasteiger partial charge in [-0.2, -0.15) is 0 Å². The molecule has 1 heteroatoms. The minimum Gasteiger partial charge on any atom is -0.299 e. The van der Waals surface area contributed by atoms with Crippen LogP contribution in [0, 0.1) is 11.3 Å². The molecule has 0 N–H and O–H groups in total. The number of hydrogen-bond acceptors (Lipinski definition) is 1. The maximum atomic E-state index is 11.9. The van der Waals surface area contributed by atoms with Crippen molar-refractivity contribution in [3.05, 3.63) is 12.2 Å². The first kappa shape index (κ1) is 12.5. The van der Waals surface area contributed by atoms with E-state index in [4.69, 9.17) is 0 Å². The standard InChI is InChI=1S/C14H24O/c1-11(2)9-14(7-5-6-8-14)10-13(15)12(3)4/h12H,1,5-10H2,2-4H3. The van der Waals surface area contributed by atoms with Crippen molar-refractivity contribution in [3.8, 4) is 0 Å². The Hall–Kier alpha value is -0.590. The van der Waals surface area contributed by atoms with Crippen molar-refractivity contribution >= 4 is 5.78 Å². The molecule has 1 fully saturated rings. The summed E-state index contributed by atoms with van der Waals surface area (Å²) in [4.78, 5) is 11.9. The van der Waals surface area contributed by atoms with Crippen LogP contribution in [0.5, 0.6) is 0 Å². The van der Waals surface area contributed by atoms with Gasteiger partial charge in [-0.05, 0) is 31.6 Å². The predicted molar refractivity (Wildman–Crippen MR) is 64.8 cm³/mol. The number of hydrogen-bond donors (Lipinski definition) is 0. The molecule has 0 bridgehead atoms. The van der Waals surface area contributed by atoms with Crippen molar-refractivity contribution in [1.29, 1.82) is 0 Å². The Morgan fingerprint density at radius 2 is 1.80 bits per heavy atom. The van der Waals surface area contributed by atoms with Crippen LogP contribution in [-0.2, 0) is 4.79 Å². The van der Waals surface area contributed by atoms with Gasteiger partial charge in [-0.1, -0.05) is 32.3 Å². The molecule has 0 spiro atoms. The second kappa shape index (κ2) is 4.96. The van der Waals surface area contributed by atoms with Crippen molar-refractivity contribution in [2.24, 2.45) is 11.3 Å². The Labute approximate surface area is 93.9 Å². The summed E-state index contributed by atoms with van der Waals surface area (Å²) in [6, 6.07) is 0. The third-order valence-electron chi connectivity index (χ3n) is 3.53. The second-order valence-corrected chi connectivity index (χ2v) is 5.64. The van der Waals surface area contributed by atoms with E-state index in [0.717, 1.165) is 12.8 Å². The number of Topliss-reactive ketones (excluding diaryl/α,β-unsaturated/α-hetero) is 1. The number of rotatable bonds is 5. The summed E-state index contributed by atoms with van der Waals surface area (Å²) in [7, 11) is 0. The average Bonchev–Trinajstić information content (AvgIpc) is 2.51. The molecule has 1 aliphatic carbocycles. The first-order valence-electron chi connectivity index (χ1n) is 6.12. The third-order valence-corrected chi connectivity index (χ3v) is 3.53. The molecule has 1 saturated carbocycles. The molecular formula is C14H24O. The highest BCUT2D eigenvalue weighted by Gasteiger charge is 2.35. The molecule has 1 aliphatic rings. The predicted octanol–water partition coefficient (Wildman–Crippen LogP) is 4.13. The molecule has 0 amide bonds. The first-order valence-corrected chi connectivity index (χ1v) is 6.12. The summed E-state index contributed by atoms with van der Waals surface area (Å²) in [5.74, 6) is 0.616. The molecule has 0 aliphatic heterocycles. The lowest BCUT2D eigenvalue weighted by atomic mass is 9.75. The van der Waals surface area contributed by atoms with Crippen molar-refractivity contribution in [1.82, 2.24) is 0 Å². The van der Waals surface area contributed by atoms with Crippen LogP contribution < -0.4 is 0 Å². The van der Waals surface area contributed by atoms with Gasteiger partial charge < -0.3 is 0 Å². The molecule has 86 valence electrons. The van der Waals surface area contributed by atoms with Gasteiger partial charge in [0.15, 0.2) is 0 Å². The first-order chi connectivity index (χ1) is 6.95. The van der Waals surface area contributed by atoms with Crippen molar-refractivity contribution in [2.45, 2.75) is 59.3 Å². The van der Waals surface area contributed by atoms with Gasteiger partial charge in [-0.3, -0.25) is 4.79 Å². The Morgan fingerprint density at radius 1 is 1.27 bits per heavy atom. The summed E-state index contributed by atoms with van der Waals surface area (Å²) in [6.07, 6.45) is 6.84. The Bertz CT molecular complexity index is 244. The monoisotopic (exact) mass is 208 g/mol. The maximum Gasteiger partial charge on any atom is 0.135 e. The minimum absolute atomic E-state index is 0.188. The van der Waals surface area contributed by atoms with Gasteiger partial charge in [0.25, 0.3) is 0 Å². The number of allylic oxidation sites excluding steroid dienone is 1. The fourth-order valence-electron chi connectivity index (χ4n) is 2.75. The van der Waals surface area contributed by atoms with Crippen molar-refractivity contribution in [2.75, 3.05) is 0 Å². The van der Waals surface area contributed by atoms with Gasteiger partial charge in [0.05, 0.1) is 0 Å². The van der Waals surface area contributed by atoms with Crippen LogP contribution in [0.3, 0.4) is 0 Å². The SMILES string of the molecule is C=C(C)CC1(CC(=O)C(C)C)CCCC1. The molecule has 0 saturated heterocycles. The zero-order valence-corrected chi connectivity index (χ0v) is 10.4. The van der Waals surface area contributed by atoms with E-state index in [1.807, 2.05) is 13.8 Å². The lowest BCUT2D eigenvalue weighted by Gasteiger charge is -2.29. The molecule has 1 rings (SSSR count). The normalized spacial score (nSPS) is 19.5. The molecule has 0 aromatic rings. The van der Waals surface area contributed by atoms with E-state index < -0.39 is 0 Å². The molecule has 0 unspecified atom stereocenters. The van der Waals surface area contributed by atoms with Gasteiger partial charge in [0.2, 0.25) is 0 Å². The molecule has 0 radical (unpaired) electrons. The van der Waals surface area contributed by atoms with Gasteiger partial charge in [-0.15, -0.1) is 6.58 Å². The topological polar surface area (TPSA) is 17.1 Å². The smallest absolute Gasteiger partial charge is 0.135 e. The quantitative estimate of drug-likeness (QED) is 0.621. The average molecular weight is 208 g/mol. The summed E-state index contributed by atoms with van der Waals surface area (Å²) >= 11 is 0. The molecule has 15 heavy (non-hydrogen) atoms. The van der Waals surface area contributed by atoms with E-state index in [2.05, 4.69) is 13.5 Å². The van der Waals surface area contributed by atoms with Gasteiger partial charge in [-0.25, -0.2) is 0 Å². The molecule has 0 heterocycles. The van der Waals surface area contributed by atoms with Crippen LogP contribution >= 0.6 is 0 Å². The van der Waals surface area contributed by atoms with E-state index in [1.54, 1.807) is 0 Å². The van der Waals surface area contributed by atoms with Crippen molar-refractivity contribution in [3.63, 3.8) is 0 Å². The zero-order chi connectivity index (χ0) is 11.5. The number of ketones is 1. The summed E-state index contributed by atoms with van der Waals surface area (Å²) < 4.78 is 0. The molecule has 0 atom stereocenters. The van der Waals surface area contributed by atoms with Crippen LogP contribution in [0.15, 0.2) is 12.2 Å². The highest BCUT2D eigenvalue weighted by molar-refractivity contribution is 5.81. The lowest BCUT2D eigenvalue weighted by Crippen LogP contribution is -2.23. The minimum atomic E-state index is 0.188. The lowest BCUT2D eigenvalue weighted by molar-refractivity contribution is -0.124. The Kier molecular flexibility index (Phi) is 4.12. The molecule has 1 nitrogen and oxygen atoms in total. The van der Waals surface area contributed by atoms with Crippen LogP contribution in [0.2, 0.25) is 0 Å². The van der Waals surface area contributed by atoms with Crippen LogP contribution in [0.25, 0.3) is 0 Å². The van der Waals surface area contributed by atoms with Gasteiger partial charge >= 0.3 is 0 Å². The van der Waals surface area contributed by atoms with E-state index in [-0.39, 0.29) is 11.3 Å². The van der Waals surface area contributed by atoms with Gasteiger partial charge in [0.1, 0.15) is 5.78 Å². The Morgan fingerprint density at radius 3 is 2.20 bits per heavy atom. The molecule has 0 aromatic carbocycles. The second-order valence-electron chi connectivity index (χ2n) is 5.64. The zero-order valence-electron chi connectivity index (χ0n) is 10.4. The molecule has 0 aromatic heterocycles. The Balaban J connectivity index is 2.65. The fraction of sp³-hybridized carbons (Fsp3) is 0.786. The summed E-state index contributed by atoms with van der Waals surface area (Å²) in [5, 5.41) is 0. The van der Waals surface area contributed by atoms with Crippen LogP contribution in [0.1, 0.15) is 59.3 Å². The highest BCUT2D eigenvalue weighted by Crippen LogP contribution is 2.46. The third kappa shape index (κ3) is 3.48. The van der Waals surface area contributed by atoms with E-state index >= 15 is 0 Å². The number of carbonyl (C=O) groups is 1. The summed E-state index contributed by atoms with van der Waals surface area (Å²) in [5.41, 5.74) is 1.50. The number of carbonyl (C=O) groups excluding carboxylic acids is 1. The maximum absolute atomic E-state index is 11.9. The van der Waals surface area contributed by atoms with Crippen molar-refractivity contribution < 1.29 is 4.79 Å². The van der Waals surface area contributed by atoms with E-state index in [1.165, 1.54) is 31.3 Å². The fourth-order valence-corrected chi connectivity index (χ4v) is 2.75. The van der Waals surface area contributed by atoms with Crippen LogP contribution in [0.4, 0.5) is 0 Å². The molecular weight excluding hydrogens is 184 g/mol. The summed E-state index contributed by atoms with van der Waals surface area (Å²) in [6.45, 7) is 10.1.